The third-order valence-corrected chi connectivity index (χ3v) is 3.48. The molecule has 0 amide bonds. The minimum absolute atomic E-state index is 0.627. The first-order valence-corrected chi connectivity index (χ1v) is 6.72. The average molecular weight is 249 g/mol. The molecule has 5 nitrogen and oxygen atoms in total. The van der Waals surface area contributed by atoms with Crippen LogP contribution in [-0.4, -0.2) is 47.6 Å². The van der Waals surface area contributed by atoms with Crippen molar-refractivity contribution in [2.45, 2.75) is 32.7 Å². The lowest BCUT2D eigenvalue weighted by molar-refractivity contribution is 0.322. The first-order valence-electron chi connectivity index (χ1n) is 6.72. The highest BCUT2D eigenvalue weighted by atomic mass is 15.2. The number of rotatable bonds is 5. The molecule has 0 spiro atoms. The molecule has 0 radical (unpaired) electrons. The fourth-order valence-electron chi connectivity index (χ4n) is 2.32. The van der Waals surface area contributed by atoms with E-state index in [2.05, 4.69) is 32.5 Å². The molecule has 0 aromatic carbocycles. The number of hydrogen-bond donors (Lipinski definition) is 2. The van der Waals surface area contributed by atoms with Crippen LogP contribution in [0.4, 0.5) is 11.8 Å². The minimum atomic E-state index is 0.627. The summed E-state index contributed by atoms with van der Waals surface area (Å²) in [4.78, 5) is 11.2. The maximum Gasteiger partial charge on any atom is 0.224 e. The van der Waals surface area contributed by atoms with Crippen LogP contribution in [0.2, 0.25) is 0 Å². The molecule has 0 saturated carbocycles. The number of likely N-dealkylation sites (tertiary alicyclic amines) is 1. The number of anilines is 2. The molecule has 1 aliphatic heterocycles. The third kappa shape index (κ3) is 3.10. The first kappa shape index (κ1) is 13.1. The number of aromatic nitrogens is 2. The van der Waals surface area contributed by atoms with Gasteiger partial charge in [-0.25, -0.2) is 4.98 Å². The zero-order chi connectivity index (χ0) is 13.0. The summed E-state index contributed by atoms with van der Waals surface area (Å²) < 4.78 is 0. The lowest BCUT2D eigenvalue weighted by Gasteiger charge is -2.20. The van der Waals surface area contributed by atoms with Crippen molar-refractivity contribution in [1.29, 1.82) is 0 Å². The SMILES string of the molecule is CCNc1ncc(C)c(NCC2CCCN2C)n1. The quantitative estimate of drug-likeness (QED) is 0.832. The molecule has 1 aliphatic rings. The summed E-state index contributed by atoms with van der Waals surface area (Å²) in [5.41, 5.74) is 1.09. The van der Waals surface area contributed by atoms with Gasteiger partial charge in [-0.05, 0) is 40.3 Å². The second-order valence-electron chi connectivity index (χ2n) is 4.91. The zero-order valence-corrected chi connectivity index (χ0v) is 11.5. The third-order valence-electron chi connectivity index (χ3n) is 3.48. The second kappa shape index (κ2) is 6.00. The van der Waals surface area contributed by atoms with Gasteiger partial charge in [-0.3, -0.25) is 0 Å². The van der Waals surface area contributed by atoms with E-state index in [4.69, 9.17) is 0 Å². The van der Waals surface area contributed by atoms with E-state index in [1.165, 1.54) is 19.4 Å². The summed E-state index contributed by atoms with van der Waals surface area (Å²) >= 11 is 0. The van der Waals surface area contributed by atoms with Crippen molar-refractivity contribution < 1.29 is 0 Å². The molecule has 2 rings (SSSR count). The van der Waals surface area contributed by atoms with E-state index in [1.54, 1.807) is 0 Å². The van der Waals surface area contributed by atoms with Crippen LogP contribution in [0.3, 0.4) is 0 Å². The first-order chi connectivity index (χ1) is 8.70. The smallest absolute Gasteiger partial charge is 0.224 e. The van der Waals surface area contributed by atoms with Gasteiger partial charge in [0.2, 0.25) is 5.95 Å². The van der Waals surface area contributed by atoms with Gasteiger partial charge in [0.05, 0.1) is 0 Å². The minimum Gasteiger partial charge on any atom is -0.368 e. The molecule has 0 bridgehead atoms. The highest BCUT2D eigenvalue weighted by molar-refractivity contribution is 5.46. The molecule has 2 N–H and O–H groups in total. The van der Waals surface area contributed by atoms with E-state index in [-0.39, 0.29) is 0 Å². The van der Waals surface area contributed by atoms with Crippen molar-refractivity contribution in [1.82, 2.24) is 14.9 Å². The van der Waals surface area contributed by atoms with Crippen LogP contribution in [0, 0.1) is 6.92 Å². The Morgan fingerprint density at radius 1 is 1.44 bits per heavy atom. The van der Waals surface area contributed by atoms with Gasteiger partial charge in [-0.1, -0.05) is 0 Å². The maximum absolute atomic E-state index is 4.50. The van der Waals surface area contributed by atoms with Crippen LogP contribution in [-0.2, 0) is 0 Å². The molecule has 18 heavy (non-hydrogen) atoms. The fraction of sp³-hybridized carbons (Fsp3) is 0.692. The number of aryl methyl sites for hydroxylation is 1. The van der Waals surface area contributed by atoms with E-state index < -0.39 is 0 Å². The molecule has 1 unspecified atom stereocenters. The highest BCUT2D eigenvalue weighted by Crippen LogP contribution is 2.17. The molecule has 1 saturated heterocycles. The number of likely N-dealkylation sites (N-methyl/N-ethyl adjacent to an activating group) is 1. The van der Waals surface area contributed by atoms with E-state index >= 15 is 0 Å². The van der Waals surface area contributed by atoms with Crippen LogP contribution >= 0.6 is 0 Å². The summed E-state index contributed by atoms with van der Waals surface area (Å²) in [5, 5.41) is 6.59. The lowest BCUT2D eigenvalue weighted by Crippen LogP contribution is -2.32. The van der Waals surface area contributed by atoms with Crippen molar-refractivity contribution in [2.75, 3.05) is 37.3 Å². The van der Waals surface area contributed by atoms with Gasteiger partial charge >= 0.3 is 0 Å². The Kier molecular flexibility index (Phi) is 4.36. The monoisotopic (exact) mass is 249 g/mol. The van der Waals surface area contributed by atoms with Crippen molar-refractivity contribution in [3.63, 3.8) is 0 Å². The van der Waals surface area contributed by atoms with Gasteiger partial charge in [-0.15, -0.1) is 0 Å². The largest absolute Gasteiger partial charge is 0.368 e. The standard InChI is InChI=1S/C13H23N5/c1-4-14-13-16-8-10(2)12(17-13)15-9-11-6-5-7-18(11)3/h8,11H,4-7,9H2,1-3H3,(H2,14,15,16,17). The summed E-state index contributed by atoms with van der Waals surface area (Å²) in [6, 6.07) is 0.627. The molecule has 0 aliphatic carbocycles. The molecule has 1 aromatic rings. The number of nitrogens with one attached hydrogen (secondary N) is 2. The van der Waals surface area contributed by atoms with Crippen LogP contribution in [0.1, 0.15) is 25.3 Å². The van der Waals surface area contributed by atoms with Crippen molar-refractivity contribution >= 4 is 11.8 Å². The van der Waals surface area contributed by atoms with Gasteiger partial charge in [0.15, 0.2) is 0 Å². The van der Waals surface area contributed by atoms with E-state index in [1.807, 2.05) is 20.0 Å². The normalized spacial score (nSPS) is 20.1. The van der Waals surface area contributed by atoms with Crippen LogP contribution in [0.5, 0.6) is 0 Å². The van der Waals surface area contributed by atoms with E-state index in [9.17, 15) is 0 Å². The number of nitrogens with zero attached hydrogens (tertiary/aromatic N) is 3. The summed E-state index contributed by atoms with van der Waals surface area (Å²) in [5.74, 6) is 1.65. The molecule has 5 heteroatoms. The highest BCUT2D eigenvalue weighted by Gasteiger charge is 2.20. The Morgan fingerprint density at radius 2 is 2.28 bits per heavy atom. The Balaban J connectivity index is 1.97. The molecule has 1 atom stereocenters. The van der Waals surface area contributed by atoms with Crippen LogP contribution < -0.4 is 10.6 Å². The molecule has 2 heterocycles. The Labute approximate surface area is 109 Å². The van der Waals surface area contributed by atoms with Gasteiger partial charge in [0.1, 0.15) is 5.82 Å². The van der Waals surface area contributed by atoms with Crippen LogP contribution in [0.25, 0.3) is 0 Å². The molecular weight excluding hydrogens is 226 g/mol. The second-order valence-corrected chi connectivity index (χ2v) is 4.91. The summed E-state index contributed by atoms with van der Waals surface area (Å²) in [7, 11) is 2.19. The summed E-state index contributed by atoms with van der Waals surface area (Å²) in [6.07, 6.45) is 4.44. The fourth-order valence-corrected chi connectivity index (χ4v) is 2.32. The van der Waals surface area contributed by atoms with Crippen LogP contribution in [0.15, 0.2) is 6.20 Å². The molecule has 1 fully saturated rings. The van der Waals surface area contributed by atoms with E-state index in [0.29, 0.717) is 12.0 Å². The Hall–Kier alpha value is -1.36. The van der Waals surface area contributed by atoms with Crippen molar-refractivity contribution in [3.8, 4) is 0 Å². The lowest BCUT2D eigenvalue weighted by atomic mass is 10.2. The van der Waals surface area contributed by atoms with Crippen molar-refractivity contribution in [2.24, 2.45) is 0 Å². The predicted octanol–water partition coefficient (Wildman–Crippen LogP) is 1.72. The van der Waals surface area contributed by atoms with Gasteiger partial charge < -0.3 is 15.5 Å². The molecule has 100 valence electrons. The predicted molar refractivity (Wildman–Crippen MR) is 75.1 cm³/mol. The molecular formula is C13H23N5. The van der Waals surface area contributed by atoms with Crippen molar-refractivity contribution in [3.05, 3.63) is 11.8 Å². The van der Waals surface area contributed by atoms with Gasteiger partial charge in [-0.2, -0.15) is 4.98 Å². The molecule has 1 aromatic heterocycles. The van der Waals surface area contributed by atoms with E-state index in [0.717, 1.165) is 24.5 Å². The Morgan fingerprint density at radius 3 is 2.94 bits per heavy atom. The topological polar surface area (TPSA) is 53.1 Å². The zero-order valence-electron chi connectivity index (χ0n) is 11.5. The summed E-state index contributed by atoms with van der Waals surface area (Å²) in [6.45, 7) is 7.09. The Bertz CT molecular complexity index is 393. The average Bonchev–Trinajstić information content (AvgIpc) is 2.76. The van der Waals surface area contributed by atoms with Gasteiger partial charge in [0.25, 0.3) is 0 Å². The van der Waals surface area contributed by atoms with Gasteiger partial charge in [0, 0.05) is 30.9 Å². The number of hydrogen-bond acceptors (Lipinski definition) is 5. The maximum atomic E-state index is 4.50.